The molecule has 0 amide bonds. The lowest BCUT2D eigenvalue weighted by Gasteiger charge is -2.21. The van der Waals surface area contributed by atoms with Crippen molar-refractivity contribution in [1.29, 1.82) is 0 Å². The predicted molar refractivity (Wildman–Crippen MR) is 50.8 cm³/mol. The van der Waals surface area contributed by atoms with Crippen molar-refractivity contribution in [3.8, 4) is 0 Å². The zero-order valence-corrected chi connectivity index (χ0v) is 8.03. The van der Waals surface area contributed by atoms with Crippen molar-refractivity contribution in [1.82, 2.24) is 0 Å². The average molecular weight is 224 g/mol. The van der Waals surface area contributed by atoms with Crippen LogP contribution in [0.15, 0.2) is 24.3 Å². The molecule has 0 aromatic heterocycles. The normalized spacial score (nSPS) is 14.9. The standard InChI is InChI=1S/C9H8F3N.ClH/c10-9(11,12)13-6-5-7-3-1-2-4-8(7)13;/h1-4H,5-6H2;1H. The van der Waals surface area contributed by atoms with E-state index in [-0.39, 0.29) is 19.0 Å². The van der Waals surface area contributed by atoms with Gasteiger partial charge in [0.15, 0.2) is 0 Å². The maximum atomic E-state index is 12.4. The molecule has 0 saturated heterocycles. The molecule has 0 bridgehead atoms. The molecule has 1 aromatic rings. The van der Waals surface area contributed by atoms with Gasteiger partial charge in [0.1, 0.15) is 0 Å². The summed E-state index contributed by atoms with van der Waals surface area (Å²) in [4.78, 5) is 0.488. The second kappa shape index (κ2) is 3.69. The van der Waals surface area contributed by atoms with Gasteiger partial charge < -0.3 is 0 Å². The summed E-state index contributed by atoms with van der Waals surface area (Å²) in [5.41, 5.74) is 1.08. The number of rotatable bonds is 0. The van der Waals surface area contributed by atoms with Crippen LogP contribution in [0.5, 0.6) is 0 Å². The summed E-state index contributed by atoms with van der Waals surface area (Å²) in [7, 11) is 0. The Balaban J connectivity index is 0.000000980. The Morgan fingerprint density at radius 2 is 1.79 bits per heavy atom. The summed E-state index contributed by atoms with van der Waals surface area (Å²) < 4.78 is 37.1. The second-order valence-corrected chi connectivity index (χ2v) is 3.00. The molecule has 0 spiro atoms. The zero-order chi connectivity index (χ0) is 9.47. The molecule has 0 radical (unpaired) electrons. The molecular formula is C9H9ClF3N. The molecule has 1 aliphatic heterocycles. The zero-order valence-electron chi connectivity index (χ0n) is 7.21. The van der Waals surface area contributed by atoms with Gasteiger partial charge in [-0.15, -0.1) is 12.4 Å². The first kappa shape index (κ1) is 11.2. The van der Waals surface area contributed by atoms with Crippen molar-refractivity contribution in [3.05, 3.63) is 29.8 Å². The van der Waals surface area contributed by atoms with Gasteiger partial charge in [-0.2, -0.15) is 13.2 Å². The Hall–Kier alpha value is -0.900. The molecule has 0 saturated carbocycles. The SMILES string of the molecule is Cl.FC(F)(F)N1CCc2ccccc21. The lowest BCUT2D eigenvalue weighted by molar-refractivity contribution is -0.127. The number of hydrogen-bond donors (Lipinski definition) is 0. The Morgan fingerprint density at radius 3 is 2.43 bits per heavy atom. The van der Waals surface area contributed by atoms with Crippen molar-refractivity contribution in [2.45, 2.75) is 12.7 Å². The van der Waals surface area contributed by atoms with Crippen LogP contribution in [0.25, 0.3) is 0 Å². The highest BCUT2D eigenvalue weighted by Gasteiger charge is 2.40. The fraction of sp³-hybridized carbons (Fsp3) is 0.333. The van der Waals surface area contributed by atoms with E-state index in [0.717, 1.165) is 5.56 Å². The molecule has 1 aliphatic rings. The fourth-order valence-electron chi connectivity index (χ4n) is 1.60. The Labute approximate surface area is 85.9 Å². The average Bonchev–Trinajstić information content (AvgIpc) is 2.45. The molecule has 0 fully saturated rings. The van der Waals surface area contributed by atoms with Crippen LogP contribution in [0.4, 0.5) is 18.9 Å². The quantitative estimate of drug-likeness (QED) is 0.611. The largest absolute Gasteiger partial charge is 0.484 e. The maximum absolute atomic E-state index is 12.4. The van der Waals surface area contributed by atoms with Crippen molar-refractivity contribution < 1.29 is 13.2 Å². The van der Waals surface area contributed by atoms with Gasteiger partial charge in [-0.25, -0.2) is 0 Å². The van der Waals surface area contributed by atoms with E-state index >= 15 is 0 Å². The third-order valence-electron chi connectivity index (χ3n) is 2.19. The van der Waals surface area contributed by atoms with E-state index in [4.69, 9.17) is 0 Å². The molecular weight excluding hydrogens is 215 g/mol. The van der Waals surface area contributed by atoms with E-state index < -0.39 is 6.30 Å². The summed E-state index contributed by atoms with van der Waals surface area (Å²) in [6.45, 7) is 0.0445. The molecule has 0 atom stereocenters. The first-order chi connectivity index (χ1) is 6.09. The van der Waals surface area contributed by atoms with Gasteiger partial charge in [0, 0.05) is 12.2 Å². The van der Waals surface area contributed by atoms with Gasteiger partial charge in [-0.05, 0) is 18.1 Å². The number of alkyl halides is 3. The van der Waals surface area contributed by atoms with Crippen molar-refractivity contribution in [2.75, 3.05) is 11.4 Å². The highest BCUT2D eigenvalue weighted by molar-refractivity contribution is 5.85. The van der Waals surface area contributed by atoms with Gasteiger partial charge in [-0.1, -0.05) is 18.2 Å². The summed E-state index contributed by atoms with van der Waals surface area (Å²) in [6, 6.07) is 6.64. The van der Waals surface area contributed by atoms with Crippen LogP contribution in [-0.4, -0.2) is 12.8 Å². The molecule has 1 nitrogen and oxygen atoms in total. The minimum absolute atomic E-state index is 0. The van der Waals surface area contributed by atoms with Gasteiger partial charge in [0.25, 0.3) is 0 Å². The van der Waals surface area contributed by atoms with Crippen molar-refractivity contribution in [3.63, 3.8) is 0 Å². The summed E-state index contributed by atoms with van der Waals surface area (Å²) in [5.74, 6) is 0. The Morgan fingerprint density at radius 1 is 1.14 bits per heavy atom. The van der Waals surface area contributed by atoms with Crippen LogP contribution in [0.3, 0.4) is 0 Å². The molecule has 1 heterocycles. The summed E-state index contributed by atoms with van der Waals surface area (Å²) in [6.07, 6.45) is -3.76. The first-order valence-electron chi connectivity index (χ1n) is 4.01. The maximum Gasteiger partial charge on any atom is 0.484 e. The lowest BCUT2D eigenvalue weighted by atomic mass is 10.2. The van der Waals surface area contributed by atoms with E-state index in [2.05, 4.69) is 0 Å². The highest BCUT2D eigenvalue weighted by atomic mass is 35.5. The third kappa shape index (κ3) is 1.80. The molecule has 78 valence electrons. The van der Waals surface area contributed by atoms with Crippen molar-refractivity contribution >= 4 is 18.1 Å². The molecule has 5 heteroatoms. The highest BCUT2D eigenvalue weighted by Crippen LogP contribution is 2.35. The Bertz CT molecular complexity index is 324. The van der Waals surface area contributed by atoms with E-state index in [1.807, 2.05) is 0 Å². The minimum atomic E-state index is -4.24. The molecule has 0 unspecified atom stereocenters. The topological polar surface area (TPSA) is 3.24 Å². The van der Waals surface area contributed by atoms with Gasteiger partial charge >= 0.3 is 6.30 Å². The van der Waals surface area contributed by atoms with Crippen LogP contribution in [-0.2, 0) is 6.42 Å². The van der Waals surface area contributed by atoms with Crippen LogP contribution in [0, 0.1) is 0 Å². The molecule has 14 heavy (non-hydrogen) atoms. The second-order valence-electron chi connectivity index (χ2n) is 3.00. The van der Waals surface area contributed by atoms with Gasteiger partial charge in [0.05, 0.1) is 0 Å². The number of benzene rings is 1. The first-order valence-corrected chi connectivity index (χ1v) is 4.01. The van der Waals surface area contributed by atoms with Gasteiger partial charge in [0.2, 0.25) is 0 Å². The number of fused-ring (bicyclic) bond motifs is 1. The molecule has 0 N–H and O–H groups in total. The number of hydrogen-bond acceptors (Lipinski definition) is 1. The van der Waals surface area contributed by atoms with E-state index in [0.29, 0.717) is 17.0 Å². The van der Waals surface area contributed by atoms with E-state index in [1.165, 1.54) is 6.07 Å². The fourth-order valence-corrected chi connectivity index (χ4v) is 1.60. The monoisotopic (exact) mass is 223 g/mol. The van der Waals surface area contributed by atoms with Crippen LogP contribution < -0.4 is 4.90 Å². The number of anilines is 1. The number of nitrogens with zero attached hydrogens (tertiary/aromatic N) is 1. The van der Waals surface area contributed by atoms with Crippen LogP contribution in [0.2, 0.25) is 0 Å². The van der Waals surface area contributed by atoms with E-state index in [1.54, 1.807) is 18.2 Å². The smallest absolute Gasteiger partial charge is 0.283 e. The van der Waals surface area contributed by atoms with E-state index in [9.17, 15) is 13.2 Å². The lowest BCUT2D eigenvalue weighted by Crippen LogP contribution is -2.36. The number of halogens is 4. The minimum Gasteiger partial charge on any atom is -0.283 e. The Kier molecular flexibility index (Phi) is 2.95. The molecule has 2 rings (SSSR count). The van der Waals surface area contributed by atoms with Crippen LogP contribution in [0.1, 0.15) is 5.56 Å². The van der Waals surface area contributed by atoms with Crippen LogP contribution >= 0.6 is 12.4 Å². The molecule has 0 aliphatic carbocycles. The summed E-state index contributed by atoms with van der Waals surface area (Å²) >= 11 is 0. The molecule has 1 aromatic carbocycles. The third-order valence-corrected chi connectivity index (χ3v) is 2.19. The predicted octanol–water partition coefficient (Wildman–Crippen LogP) is 2.99. The summed E-state index contributed by atoms with van der Waals surface area (Å²) in [5, 5.41) is 0. The number of para-hydroxylation sites is 1. The van der Waals surface area contributed by atoms with Gasteiger partial charge in [-0.3, -0.25) is 4.90 Å². The van der Waals surface area contributed by atoms with Crippen molar-refractivity contribution in [2.24, 2.45) is 0 Å².